The minimum absolute atomic E-state index is 0.380. The number of carbonyl (C=O) groups excluding carboxylic acids is 1. The SMILES string of the molecule is CCCCC(NC(=O)c1ccc2c(c1)nnn2C)C(=O)O. The van der Waals surface area contributed by atoms with Gasteiger partial charge in [0.2, 0.25) is 0 Å². The number of aliphatic carboxylic acids is 1. The highest BCUT2D eigenvalue weighted by atomic mass is 16.4. The highest BCUT2D eigenvalue weighted by Crippen LogP contribution is 2.13. The third kappa shape index (κ3) is 3.36. The lowest BCUT2D eigenvalue weighted by molar-refractivity contribution is -0.139. The average Bonchev–Trinajstić information content (AvgIpc) is 2.84. The van der Waals surface area contributed by atoms with E-state index in [4.69, 9.17) is 5.11 Å². The topological polar surface area (TPSA) is 97.1 Å². The number of unbranched alkanes of at least 4 members (excludes halogenated alkanes) is 1. The quantitative estimate of drug-likeness (QED) is 0.836. The van der Waals surface area contributed by atoms with Crippen LogP contribution in [0.15, 0.2) is 18.2 Å². The maximum Gasteiger partial charge on any atom is 0.326 e. The molecule has 0 spiro atoms. The Balaban J connectivity index is 2.14. The van der Waals surface area contributed by atoms with Crippen molar-refractivity contribution >= 4 is 22.9 Å². The molecule has 0 saturated heterocycles. The molecule has 1 heterocycles. The Kier molecular flexibility index (Phi) is 4.52. The van der Waals surface area contributed by atoms with E-state index in [0.717, 1.165) is 18.4 Å². The van der Waals surface area contributed by atoms with Gasteiger partial charge in [-0.3, -0.25) is 4.79 Å². The summed E-state index contributed by atoms with van der Waals surface area (Å²) in [6.07, 6.45) is 2.05. The molecule has 2 aromatic rings. The second-order valence-electron chi connectivity index (χ2n) is 4.92. The first kappa shape index (κ1) is 15.0. The van der Waals surface area contributed by atoms with Gasteiger partial charge in [-0.05, 0) is 24.6 Å². The highest BCUT2D eigenvalue weighted by molar-refractivity contribution is 5.99. The van der Waals surface area contributed by atoms with E-state index in [0.29, 0.717) is 17.5 Å². The van der Waals surface area contributed by atoms with Crippen molar-refractivity contribution in [3.05, 3.63) is 23.8 Å². The van der Waals surface area contributed by atoms with Crippen molar-refractivity contribution in [2.45, 2.75) is 32.2 Å². The molecule has 1 aromatic carbocycles. The number of hydrogen-bond acceptors (Lipinski definition) is 4. The molecule has 0 aliphatic heterocycles. The second-order valence-corrected chi connectivity index (χ2v) is 4.92. The largest absolute Gasteiger partial charge is 0.480 e. The number of amides is 1. The molecule has 112 valence electrons. The third-order valence-corrected chi connectivity index (χ3v) is 3.32. The second kappa shape index (κ2) is 6.34. The molecule has 0 radical (unpaired) electrons. The van der Waals surface area contributed by atoms with E-state index >= 15 is 0 Å². The van der Waals surface area contributed by atoms with Crippen LogP contribution in [0.4, 0.5) is 0 Å². The summed E-state index contributed by atoms with van der Waals surface area (Å²) >= 11 is 0. The van der Waals surface area contributed by atoms with Crippen molar-refractivity contribution in [2.24, 2.45) is 7.05 Å². The van der Waals surface area contributed by atoms with Gasteiger partial charge in [0.05, 0.1) is 5.52 Å². The van der Waals surface area contributed by atoms with Crippen LogP contribution in [0.1, 0.15) is 36.5 Å². The molecule has 2 rings (SSSR count). The summed E-state index contributed by atoms with van der Waals surface area (Å²) in [5.74, 6) is -1.43. The molecule has 0 aliphatic rings. The number of carboxylic acids is 1. The molecule has 0 fully saturated rings. The van der Waals surface area contributed by atoms with E-state index in [1.165, 1.54) is 0 Å². The fraction of sp³-hybridized carbons (Fsp3) is 0.429. The van der Waals surface area contributed by atoms with Crippen molar-refractivity contribution in [3.8, 4) is 0 Å². The number of aromatic nitrogens is 3. The van der Waals surface area contributed by atoms with Crippen LogP contribution in [-0.2, 0) is 11.8 Å². The minimum Gasteiger partial charge on any atom is -0.480 e. The highest BCUT2D eigenvalue weighted by Gasteiger charge is 2.20. The summed E-state index contributed by atoms with van der Waals surface area (Å²) in [5.41, 5.74) is 1.80. The van der Waals surface area contributed by atoms with E-state index in [1.807, 2.05) is 6.92 Å². The number of carboxylic acid groups (broad SMARTS) is 1. The standard InChI is InChI=1S/C14H18N4O3/c1-3-4-5-10(14(20)21)15-13(19)9-6-7-12-11(8-9)16-17-18(12)2/h6-8,10H,3-5H2,1-2H3,(H,15,19)(H,20,21). The summed E-state index contributed by atoms with van der Waals surface area (Å²) in [4.78, 5) is 23.3. The first-order chi connectivity index (χ1) is 10.0. The Morgan fingerprint density at radius 1 is 1.43 bits per heavy atom. The molecule has 2 N–H and O–H groups in total. The Hall–Kier alpha value is -2.44. The fourth-order valence-corrected chi connectivity index (χ4v) is 2.09. The number of benzene rings is 1. The van der Waals surface area contributed by atoms with Gasteiger partial charge in [0, 0.05) is 12.6 Å². The Labute approximate surface area is 121 Å². The zero-order chi connectivity index (χ0) is 15.4. The molecule has 1 amide bonds. The van der Waals surface area contributed by atoms with Crippen LogP contribution in [0, 0.1) is 0 Å². The predicted octanol–water partition coefficient (Wildman–Crippen LogP) is 1.34. The van der Waals surface area contributed by atoms with Crippen molar-refractivity contribution < 1.29 is 14.7 Å². The van der Waals surface area contributed by atoms with Crippen LogP contribution >= 0.6 is 0 Å². The lowest BCUT2D eigenvalue weighted by Crippen LogP contribution is -2.40. The van der Waals surface area contributed by atoms with E-state index in [-0.39, 0.29) is 0 Å². The lowest BCUT2D eigenvalue weighted by Gasteiger charge is -2.14. The van der Waals surface area contributed by atoms with Gasteiger partial charge >= 0.3 is 5.97 Å². The Morgan fingerprint density at radius 2 is 2.19 bits per heavy atom. The van der Waals surface area contributed by atoms with Crippen LogP contribution < -0.4 is 5.32 Å². The first-order valence-electron chi connectivity index (χ1n) is 6.86. The Bertz CT molecular complexity index is 665. The van der Waals surface area contributed by atoms with Gasteiger partial charge in [-0.15, -0.1) is 5.10 Å². The van der Waals surface area contributed by atoms with Gasteiger partial charge in [-0.2, -0.15) is 0 Å². The van der Waals surface area contributed by atoms with Crippen molar-refractivity contribution in [1.82, 2.24) is 20.3 Å². The van der Waals surface area contributed by atoms with Crippen molar-refractivity contribution in [2.75, 3.05) is 0 Å². The van der Waals surface area contributed by atoms with Gasteiger partial charge in [0.1, 0.15) is 11.6 Å². The smallest absolute Gasteiger partial charge is 0.326 e. The molecule has 0 bridgehead atoms. The number of nitrogens with zero attached hydrogens (tertiary/aromatic N) is 3. The maximum absolute atomic E-state index is 12.1. The summed E-state index contributed by atoms with van der Waals surface area (Å²) in [6, 6.07) is 4.12. The van der Waals surface area contributed by atoms with Crippen molar-refractivity contribution in [1.29, 1.82) is 0 Å². The molecule has 0 saturated carbocycles. The Morgan fingerprint density at radius 3 is 2.86 bits per heavy atom. The molecular weight excluding hydrogens is 272 g/mol. The number of fused-ring (bicyclic) bond motifs is 1. The summed E-state index contributed by atoms with van der Waals surface area (Å²) < 4.78 is 1.61. The molecule has 1 atom stereocenters. The monoisotopic (exact) mass is 290 g/mol. The number of nitrogens with one attached hydrogen (secondary N) is 1. The van der Waals surface area contributed by atoms with Crippen LogP contribution in [0.3, 0.4) is 0 Å². The molecule has 0 aliphatic carbocycles. The molecule has 7 nitrogen and oxygen atoms in total. The molecule has 1 unspecified atom stereocenters. The van der Waals surface area contributed by atoms with Gasteiger partial charge in [-0.1, -0.05) is 25.0 Å². The summed E-state index contributed by atoms with van der Waals surface area (Å²) in [5, 5.41) is 19.5. The summed E-state index contributed by atoms with van der Waals surface area (Å²) in [7, 11) is 1.76. The molecular formula is C14H18N4O3. The predicted molar refractivity (Wildman–Crippen MR) is 76.9 cm³/mol. The van der Waals surface area contributed by atoms with E-state index in [1.54, 1.807) is 29.9 Å². The lowest BCUT2D eigenvalue weighted by atomic mass is 10.1. The van der Waals surface area contributed by atoms with Gasteiger partial charge in [0.15, 0.2) is 0 Å². The number of rotatable bonds is 6. The normalized spacial score (nSPS) is 12.3. The first-order valence-corrected chi connectivity index (χ1v) is 6.86. The third-order valence-electron chi connectivity index (χ3n) is 3.32. The maximum atomic E-state index is 12.1. The van der Waals surface area contributed by atoms with Gasteiger partial charge in [0.25, 0.3) is 5.91 Å². The average molecular weight is 290 g/mol. The number of hydrogen-bond donors (Lipinski definition) is 2. The summed E-state index contributed by atoms with van der Waals surface area (Å²) in [6.45, 7) is 1.97. The number of carbonyl (C=O) groups is 2. The van der Waals surface area contributed by atoms with Crippen LogP contribution in [0.5, 0.6) is 0 Å². The molecule has 1 aromatic heterocycles. The zero-order valence-electron chi connectivity index (χ0n) is 12.0. The van der Waals surface area contributed by atoms with Gasteiger partial charge in [-0.25, -0.2) is 9.48 Å². The van der Waals surface area contributed by atoms with Gasteiger partial charge < -0.3 is 10.4 Å². The van der Waals surface area contributed by atoms with E-state index in [2.05, 4.69) is 15.6 Å². The van der Waals surface area contributed by atoms with Crippen LogP contribution in [0.2, 0.25) is 0 Å². The van der Waals surface area contributed by atoms with E-state index in [9.17, 15) is 9.59 Å². The van der Waals surface area contributed by atoms with Crippen molar-refractivity contribution in [3.63, 3.8) is 0 Å². The zero-order valence-corrected chi connectivity index (χ0v) is 12.0. The molecule has 21 heavy (non-hydrogen) atoms. The fourth-order valence-electron chi connectivity index (χ4n) is 2.09. The molecule has 7 heteroatoms. The van der Waals surface area contributed by atoms with Crippen LogP contribution in [0.25, 0.3) is 11.0 Å². The minimum atomic E-state index is -1.02. The van der Waals surface area contributed by atoms with E-state index < -0.39 is 17.9 Å². The van der Waals surface area contributed by atoms with Crippen LogP contribution in [-0.4, -0.2) is 38.0 Å². The number of aryl methyl sites for hydroxylation is 1.